The average molecular weight is 518 g/mol. The summed E-state index contributed by atoms with van der Waals surface area (Å²) in [5.74, 6) is 0.884. The van der Waals surface area contributed by atoms with E-state index in [-0.39, 0.29) is 18.3 Å². The second kappa shape index (κ2) is 12.0. The van der Waals surface area contributed by atoms with E-state index in [0.717, 1.165) is 66.7 Å². The average Bonchev–Trinajstić information content (AvgIpc) is 3.28. The van der Waals surface area contributed by atoms with Gasteiger partial charge in [-0.3, -0.25) is 14.7 Å². The number of piperazine rings is 1. The van der Waals surface area contributed by atoms with Gasteiger partial charge < -0.3 is 10.2 Å². The van der Waals surface area contributed by atoms with Crippen LogP contribution in [0.2, 0.25) is 0 Å². The van der Waals surface area contributed by atoms with Gasteiger partial charge in [0, 0.05) is 75.9 Å². The Labute approximate surface area is 223 Å². The monoisotopic (exact) mass is 517 g/mol. The molecular weight excluding hydrogens is 486 g/mol. The van der Waals surface area contributed by atoms with Crippen molar-refractivity contribution in [2.45, 2.75) is 26.9 Å². The predicted molar refractivity (Wildman–Crippen MR) is 148 cm³/mol. The lowest BCUT2D eigenvalue weighted by Gasteiger charge is -2.35. The molecule has 192 valence electrons. The third-order valence-corrected chi connectivity index (χ3v) is 6.53. The third kappa shape index (κ3) is 6.34. The van der Waals surface area contributed by atoms with Crippen LogP contribution in [0, 0.1) is 6.92 Å². The molecule has 1 N–H and O–H groups in total. The van der Waals surface area contributed by atoms with Gasteiger partial charge in [0.2, 0.25) is 5.91 Å². The first-order valence-electron chi connectivity index (χ1n) is 12.3. The first-order valence-corrected chi connectivity index (χ1v) is 12.3. The zero-order chi connectivity index (χ0) is 24.9. The van der Waals surface area contributed by atoms with Crippen LogP contribution < -0.4 is 10.2 Å². The molecule has 2 aromatic heterocycles. The van der Waals surface area contributed by atoms with Crippen LogP contribution in [0.4, 0.5) is 5.82 Å². The standard InChI is InChI=1S/C28H31N7O.ClH/c1-21-25(20-35(32-21)26-6-4-3-5-7-26)19-33-14-16-34(17-15-33)28-27(29-12-13-30-28)24-10-8-23(9-11-24)18-31-22(2)36;/h3-13,20H,14-19H2,1-2H3,(H,31,36);1H. The van der Waals surface area contributed by atoms with Crippen LogP contribution in [0.3, 0.4) is 0 Å². The molecule has 37 heavy (non-hydrogen) atoms. The van der Waals surface area contributed by atoms with E-state index in [2.05, 4.69) is 45.4 Å². The molecule has 0 unspecified atom stereocenters. The maximum Gasteiger partial charge on any atom is 0.217 e. The minimum absolute atomic E-state index is 0. The highest BCUT2D eigenvalue weighted by molar-refractivity contribution is 5.85. The molecule has 2 aromatic carbocycles. The largest absolute Gasteiger partial charge is 0.352 e. The fraction of sp³-hybridized carbons (Fsp3) is 0.286. The molecule has 0 saturated carbocycles. The van der Waals surface area contributed by atoms with E-state index in [0.29, 0.717) is 6.54 Å². The molecule has 1 aliphatic heterocycles. The van der Waals surface area contributed by atoms with Crippen molar-refractivity contribution in [2.75, 3.05) is 31.1 Å². The van der Waals surface area contributed by atoms with Gasteiger partial charge in [-0.15, -0.1) is 12.4 Å². The van der Waals surface area contributed by atoms with Gasteiger partial charge in [-0.2, -0.15) is 5.10 Å². The van der Waals surface area contributed by atoms with Crippen LogP contribution in [-0.2, 0) is 17.9 Å². The fourth-order valence-corrected chi connectivity index (χ4v) is 4.50. The van der Waals surface area contributed by atoms with Crippen LogP contribution in [0.5, 0.6) is 0 Å². The van der Waals surface area contributed by atoms with E-state index in [1.165, 1.54) is 12.5 Å². The van der Waals surface area contributed by atoms with Crippen molar-refractivity contribution < 1.29 is 4.79 Å². The number of aryl methyl sites for hydroxylation is 1. The summed E-state index contributed by atoms with van der Waals surface area (Å²) in [6, 6.07) is 18.4. The van der Waals surface area contributed by atoms with Gasteiger partial charge in [-0.1, -0.05) is 42.5 Å². The van der Waals surface area contributed by atoms with Crippen molar-refractivity contribution in [3.8, 4) is 16.9 Å². The van der Waals surface area contributed by atoms with Gasteiger partial charge in [-0.05, 0) is 24.6 Å². The Kier molecular flexibility index (Phi) is 8.53. The number of halogens is 1. The number of carbonyl (C=O) groups excluding carboxylic acids is 1. The number of nitrogens with one attached hydrogen (secondary N) is 1. The molecule has 1 saturated heterocycles. The Bertz CT molecular complexity index is 1320. The van der Waals surface area contributed by atoms with E-state index in [9.17, 15) is 4.79 Å². The lowest BCUT2D eigenvalue weighted by Crippen LogP contribution is -2.46. The van der Waals surface area contributed by atoms with Crippen molar-refractivity contribution >= 4 is 24.1 Å². The number of hydrogen-bond acceptors (Lipinski definition) is 6. The van der Waals surface area contributed by atoms with E-state index < -0.39 is 0 Å². The molecule has 3 heterocycles. The summed E-state index contributed by atoms with van der Waals surface area (Å²) < 4.78 is 1.97. The summed E-state index contributed by atoms with van der Waals surface area (Å²) in [7, 11) is 0. The van der Waals surface area contributed by atoms with Crippen LogP contribution in [0.1, 0.15) is 23.7 Å². The Morgan fingerprint density at radius 1 is 0.946 bits per heavy atom. The summed E-state index contributed by atoms with van der Waals surface area (Å²) in [6.07, 6.45) is 5.65. The van der Waals surface area contributed by atoms with Crippen molar-refractivity contribution in [1.29, 1.82) is 0 Å². The Morgan fingerprint density at radius 3 is 2.35 bits per heavy atom. The molecule has 4 aromatic rings. The minimum atomic E-state index is -0.0328. The van der Waals surface area contributed by atoms with Crippen molar-refractivity contribution in [1.82, 2.24) is 30.0 Å². The molecule has 9 heteroatoms. The number of benzene rings is 2. The number of carbonyl (C=O) groups is 1. The molecule has 1 fully saturated rings. The molecule has 0 bridgehead atoms. The molecule has 1 amide bonds. The van der Waals surface area contributed by atoms with Gasteiger partial charge in [0.05, 0.1) is 11.4 Å². The van der Waals surface area contributed by atoms with Gasteiger partial charge >= 0.3 is 0 Å². The first-order chi connectivity index (χ1) is 17.6. The number of aromatic nitrogens is 4. The van der Waals surface area contributed by atoms with Gasteiger partial charge in [0.1, 0.15) is 5.69 Å². The first kappa shape index (κ1) is 26.3. The molecular formula is C28H32ClN7O. The number of rotatable bonds is 7. The summed E-state index contributed by atoms with van der Waals surface area (Å²) in [4.78, 5) is 25.3. The SMILES string of the molecule is CC(=O)NCc1ccc(-c2nccnc2N2CCN(Cc3cn(-c4ccccc4)nc3C)CC2)cc1.Cl. The lowest BCUT2D eigenvalue weighted by molar-refractivity contribution is -0.119. The number of nitrogens with zero attached hydrogens (tertiary/aromatic N) is 6. The Morgan fingerprint density at radius 2 is 1.65 bits per heavy atom. The molecule has 0 spiro atoms. The predicted octanol–water partition coefficient (Wildman–Crippen LogP) is 4.02. The number of para-hydroxylation sites is 1. The summed E-state index contributed by atoms with van der Waals surface area (Å²) >= 11 is 0. The number of anilines is 1. The second-order valence-corrected chi connectivity index (χ2v) is 9.12. The topological polar surface area (TPSA) is 79.2 Å². The van der Waals surface area contributed by atoms with Crippen molar-refractivity contribution in [3.05, 3.63) is 90.0 Å². The van der Waals surface area contributed by atoms with Gasteiger partial charge in [-0.25, -0.2) is 9.67 Å². The molecule has 0 atom stereocenters. The van der Waals surface area contributed by atoms with Gasteiger partial charge in [0.25, 0.3) is 0 Å². The highest BCUT2D eigenvalue weighted by atomic mass is 35.5. The van der Waals surface area contributed by atoms with Crippen molar-refractivity contribution in [3.63, 3.8) is 0 Å². The molecule has 0 aliphatic carbocycles. The Hall–Kier alpha value is -3.75. The zero-order valence-corrected chi connectivity index (χ0v) is 22.0. The molecule has 1 aliphatic rings. The highest BCUT2D eigenvalue weighted by Gasteiger charge is 2.22. The van der Waals surface area contributed by atoms with E-state index in [1.807, 2.05) is 47.1 Å². The Balaban J connectivity index is 0.00000320. The van der Waals surface area contributed by atoms with E-state index in [1.54, 1.807) is 12.4 Å². The maximum atomic E-state index is 11.2. The lowest BCUT2D eigenvalue weighted by atomic mass is 10.1. The third-order valence-electron chi connectivity index (χ3n) is 6.53. The molecule has 5 rings (SSSR count). The minimum Gasteiger partial charge on any atom is -0.352 e. The summed E-state index contributed by atoms with van der Waals surface area (Å²) in [5.41, 5.74) is 6.37. The van der Waals surface area contributed by atoms with Crippen LogP contribution in [-0.4, -0.2) is 56.7 Å². The smallest absolute Gasteiger partial charge is 0.217 e. The summed E-state index contributed by atoms with van der Waals surface area (Å²) in [6.45, 7) is 8.68. The molecule has 0 radical (unpaired) electrons. The quantitative estimate of drug-likeness (QED) is 0.399. The summed E-state index contributed by atoms with van der Waals surface area (Å²) in [5, 5.41) is 7.55. The maximum absolute atomic E-state index is 11.2. The van der Waals surface area contributed by atoms with E-state index in [4.69, 9.17) is 10.1 Å². The zero-order valence-electron chi connectivity index (χ0n) is 21.2. The van der Waals surface area contributed by atoms with Crippen molar-refractivity contribution in [2.24, 2.45) is 0 Å². The van der Waals surface area contributed by atoms with Crippen LogP contribution in [0.25, 0.3) is 16.9 Å². The highest BCUT2D eigenvalue weighted by Crippen LogP contribution is 2.28. The van der Waals surface area contributed by atoms with E-state index >= 15 is 0 Å². The number of hydrogen-bond donors (Lipinski definition) is 1. The van der Waals surface area contributed by atoms with Crippen LogP contribution in [0.15, 0.2) is 73.2 Å². The fourth-order valence-electron chi connectivity index (χ4n) is 4.50. The van der Waals surface area contributed by atoms with Gasteiger partial charge in [0.15, 0.2) is 5.82 Å². The number of amides is 1. The van der Waals surface area contributed by atoms with Crippen LogP contribution >= 0.6 is 12.4 Å². The second-order valence-electron chi connectivity index (χ2n) is 9.12. The normalized spacial score (nSPS) is 13.7. The molecule has 8 nitrogen and oxygen atoms in total.